The van der Waals surface area contributed by atoms with Crippen molar-refractivity contribution in [3.63, 3.8) is 0 Å². The minimum absolute atomic E-state index is 0.0724. The lowest BCUT2D eigenvalue weighted by Crippen LogP contribution is -2.25. The molecule has 1 rings (SSSR count). The largest absolute Gasteiger partial charge is 0.487 e. The van der Waals surface area contributed by atoms with Crippen LogP contribution in [0.1, 0.15) is 19.8 Å². The summed E-state index contributed by atoms with van der Waals surface area (Å²) in [7, 11) is 0. The summed E-state index contributed by atoms with van der Waals surface area (Å²) >= 11 is 0. The van der Waals surface area contributed by atoms with Gasteiger partial charge in [0.25, 0.3) is 0 Å². The first-order chi connectivity index (χ1) is 7.67. The first kappa shape index (κ1) is 12.3. The molecule has 0 aliphatic heterocycles. The maximum absolute atomic E-state index is 13.3. The van der Waals surface area contributed by atoms with E-state index in [0.717, 1.165) is 0 Å². The second-order valence-electron chi connectivity index (χ2n) is 3.37. The van der Waals surface area contributed by atoms with Gasteiger partial charge in [0, 0.05) is 6.42 Å². The van der Waals surface area contributed by atoms with Gasteiger partial charge in [-0.2, -0.15) is 0 Å². The molecule has 5 heteroatoms. The average Bonchev–Trinajstić information content (AvgIpc) is 2.30. The molecular weight excluding hydrogens is 211 g/mol. The third-order valence-electron chi connectivity index (χ3n) is 2.15. The Morgan fingerprint density at radius 2 is 2.25 bits per heavy atom. The van der Waals surface area contributed by atoms with E-state index in [4.69, 9.17) is 15.7 Å². The number of nitrogens with zero attached hydrogens (tertiary/aromatic N) is 1. The van der Waals surface area contributed by atoms with Crippen LogP contribution in [0.4, 0.5) is 4.39 Å². The van der Waals surface area contributed by atoms with E-state index in [-0.39, 0.29) is 24.1 Å². The first-order valence-electron chi connectivity index (χ1n) is 5.05. The second kappa shape index (κ2) is 5.95. The molecule has 0 aromatic heterocycles. The third kappa shape index (κ3) is 3.42. The molecule has 0 spiro atoms. The topological polar surface area (TPSA) is 67.8 Å². The van der Waals surface area contributed by atoms with Crippen LogP contribution in [0.25, 0.3) is 0 Å². The molecular formula is C11H15FN2O2. The lowest BCUT2D eigenvalue weighted by Gasteiger charge is -2.17. The van der Waals surface area contributed by atoms with Crippen molar-refractivity contribution in [1.82, 2.24) is 0 Å². The zero-order valence-electron chi connectivity index (χ0n) is 9.06. The molecule has 0 amide bonds. The highest BCUT2D eigenvalue weighted by molar-refractivity contribution is 5.80. The van der Waals surface area contributed by atoms with Gasteiger partial charge in [0.15, 0.2) is 11.6 Å². The van der Waals surface area contributed by atoms with Gasteiger partial charge in [-0.05, 0) is 18.6 Å². The number of halogens is 1. The molecule has 0 fully saturated rings. The summed E-state index contributed by atoms with van der Waals surface area (Å²) < 4.78 is 18.7. The van der Waals surface area contributed by atoms with E-state index >= 15 is 0 Å². The lowest BCUT2D eigenvalue weighted by atomic mass is 10.2. The summed E-state index contributed by atoms with van der Waals surface area (Å²) in [6.07, 6.45) is 0.610. The van der Waals surface area contributed by atoms with Gasteiger partial charge in [0.1, 0.15) is 11.9 Å². The van der Waals surface area contributed by atoms with Crippen LogP contribution in [0.2, 0.25) is 0 Å². The summed E-state index contributed by atoms with van der Waals surface area (Å²) in [6, 6.07) is 6.15. The normalized spacial score (nSPS) is 13.5. The van der Waals surface area contributed by atoms with Gasteiger partial charge < -0.3 is 15.7 Å². The fraction of sp³-hybridized carbons (Fsp3) is 0.364. The van der Waals surface area contributed by atoms with Crippen molar-refractivity contribution >= 4 is 5.84 Å². The van der Waals surface area contributed by atoms with Crippen LogP contribution in [0.5, 0.6) is 5.75 Å². The Morgan fingerprint density at radius 3 is 2.81 bits per heavy atom. The lowest BCUT2D eigenvalue weighted by molar-refractivity contribution is 0.194. The Kier molecular flexibility index (Phi) is 4.57. The molecule has 0 radical (unpaired) electrons. The molecule has 0 bridgehead atoms. The van der Waals surface area contributed by atoms with Crippen molar-refractivity contribution < 1.29 is 14.3 Å². The van der Waals surface area contributed by atoms with Crippen molar-refractivity contribution in [3.05, 3.63) is 30.1 Å². The highest BCUT2D eigenvalue weighted by Gasteiger charge is 2.12. The minimum Gasteiger partial charge on any atom is -0.487 e. The molecule has 3 N–H and O–H groups in total. The zero-order valence-corrected chi connectivity index (χ0v) is 9.06. The monoisotopic (exact) mass is 226 g/mol. The van der Waals surface area contributed by atoms with Crippen LogP contribution in [-0.4, -0.2) is 17.1 Å². The number of hydrogen-bond donors (Lipinski definition) is 2. The van der Waals surface area contributed by atoms with Crippen LogP contribution in [0.15, 0.2) is 29.4 Å². The third-order valence-corrected chi connectivity index (χ3v) is 2.15. The molecule has 88 valence electrons. The van der Waals surface area contributed by atoms with E-state index in [9.17, 15) is 4.39 Å². The molecule has 16 heavy (non-hydrogen) atoms. The molecule has 0 aliphatic carbocycles. The Hall–Kier alpha value is -1.78. The number of rotatable bonds is 5. The van der Waals surface area contributed by atoms with Gasteiger partial charge in [0.2, 0.25) is 0 Å². The number of oxime groups is 1. The minimum atomic E-state index is -0.416. The smallest absolute Gasteiger partial charge is 0.165 e. The number of ether oxygens (including phenoxy) is 1. The maximum atomic E-state index is 13.3. The van der Waals surface area contributed by atoms with Gasteiger partial charge in [-0.25, -0.2) is 4.39 Å². The van der Waals surface area contributed by atoms with Crippen molar-refractivity contribution in [2.75, 3.05) is 0 Å². The fourth-order valence-electron chi connectivity index (χ4n) is 1.26. The van der Waals surface area contributed by atoms with Gasteiger partial charge >= 0.3 is 0 Å². The van der Waals surface area contributed by atoms with Crippen LogP contribution >= 0.6 is 0 Å². The summed E-state index contributed by atoms with van der Waals surface area (Å²) in [5.74, 6) is -0.163. The highest BCUT2D eigenvalue weighted by atomic mass is 19.1. The maximum Gasteiger partial charge on any atom is 0.165 e. The Labute approximate surface area is 93.5 Å². The van der Waals surface area contributed by atoms with Crippen LogP contribution in [-0.2, 0) is 0 Å². The van der Waals surface area contributed by atoms with Crippen molar-refractivity contribution in [2.45, 2.75) is 25.9 Å². The summed E-state index contributed by atoms with van der Waals surface area (Å²) in [5, 5.41) is 11.3. The number of hydrogen-bond acceptors (Lipinski definition) is 3. The molecule has 1 unspecified atom stereocenters. The van der Waals surface area contributed by atoms with Gasteiger partial charge in [0.05, 0.1) is 0 Å². The van der Waals surface area contributed by atoms with Crippen LogP contribution in [0.3, 0.4) is 0 Å². The van der Waals surface area contributed by atoms with Gasteiger partial charge in [-0.1, -0.05) is 24.2 Å². The summed E-state index contributed by atoms with van der Waals surface area (Å²) in [4.78, 5) is 0. The van der Waals surface area contributed by atoms with E-state index < -0.39 is 5.82 Å². The number of amidine groups is 1. The molecule has 0 heterocycles. The number of nitrogens with two attached hydrogens (primary N) is 1. The second-order valence-corrected chi connectivity index (χ2v) is 3.37. The van der Waals surface area contributed by atoms with E-state index in [0.29, 0.717) is 6.42 Å². The van der Waals surface area contributed by atoms with Crippen molar-refractivity contribution in [2.24, 2.45) is 10.9 Å². The highest BCUT2D eigenvalue weighted by Crippen LogP contribution is 2.19. The zero-order chi connectivity index (χ0) is 12.0. The van der Waals surface area contributed by atoms with E-state index in [1.807, 2.05) is 6.92 Å². The standard InChI is InChI=1S/C11H15FN2O2/c1-2-8(7-11(13)14-15)16-10-6-4-3-5-9(10)12/h3-6,8,15H,2,7H2,1H3,(H2,13,14). The molecule has 4 nitrogen and oxygen atoms in total. The molecule has 1 aromatic rings. The quantitative estimate of drug-likeness (QED) is 0.350. The predicted molar refractivity (Wildman–Crippen MR) is 59.1 cm³/mol. The molecule has 1 aromatic carbocycles. The van der Waals surface area contributed by atoms with E-state index in [2.05, 4.69) is 5.16 Å². The average molecular weight is 226 g/mol. The molecule has 1 atom stereocenters. The van der Waals surface area contributed by atoms with E-state index in [1.54, 1.807) is 18.2 Å². The molecule has 0 aliphatic rings. The molecule has 0 saturated heterocycles. The number of benzene rings is 1. The van der Waals surface area contributed by atoms with Crippen molar-refractivity contribution in [3.8, 4) is 5.75 Å². The van der Waals surface area contributed by atoms with Crippen LogP contribution in [0, 0.1) is 5.82 Å². The SMILES string of the molecule is CCC(C/C(N)=N/O)Oc1ccccc1F. The van der Waals surface area contributed by atoms with Crippen molar-refractivity contribution in [1.29, 1.82) is 0 Å². The van der Waals surface area contributed by atoms with Crippen LogP contribution < -0.4 is 10.5 Å². The predicted octanol–water partition coefficient (Wildman–Crippen LogP) is 2.12. The summed E-state index contributed by atoms with van der Waals surface area (Å²) in [5.41, 5.74) is 5.37. The summed E-state index contributed by atoms with van der Waals surface area (Å²) in [6.45, 7) is 1.89. The Bertz CT molecular complexity index is 369. The van der Waals surface area contributed by atoms with Gasteiger partial charge in [-0.3, -0.25) is 0 Å². The first-order valence-corrected chi connectivity index (χ1v) is 5.05. The Balaban J connectivity index is 2.67. The molecule has 0 saturated carbocycles. The fourth-order valence-corrected chi connectivity index (χ4v) is 1.26. The Morgan fingerprint density at radius 1 is 1.56 bits per heavy atom. The van der Waals surface area contributed by atoms with E-state index in [1.165, 1.54) is 6.07 Å². The number of para-hydroxylation sites is 1. The van der Waals surface area contributed by atoms with Gasteiger partial charge in [-0.15, -0.1) is 0 Å².